The van der Waals surface area contributed by atoms with Crippen molar-refractivity contribution in [2.24, 2.45) is 12.8 Å². The van der Waals surface area contributed by atoms with E-state index < -0.39 is 0 Å². The number of nitrogens with two attached hydrogens (primary N) is 1. The molecule has 0 saturated heterocycles. The summed E-state index contributed by atoms with van der Waals surface area (Å²) in [5, 5.41) is 6.72. The quantitative estimate of drug-likeness (QED) is 0.124. The summed E-state index contributed by atoms with van der Waals surface area (Å²) < 4.78 is 21.2. The number of carbonyl (C=O) groups excluding carboxylic acids is 1. The summed E-state index contributed by atoms with van der Waals surface area (Å²) in [5.74, 6) is 0.816. The number of halogens is 1. The van der Waals surface area contributed by atoms with Gasteiger partial charge in [0.25, 0.3) is 0 Å². The second kappa shape index (κ2) is 14.8. The Morgan fingerprint density at radius 3 is 2.38 bits per heavy atom. The summed E-state index contributed by atoms with van der Waals surface area (Å²) in [6.07, 6.45) is 3.33. The molecular weight excluding hydrogens is 552 g/mol. The van der Waals surface area contributed by atoms with E-state index in [0.29, 0.717) is 45.3 Å². The first kappa shape index (κ1) is 31.8. The van der Waals surface area contributed by atoms with Gasteiger partial charge < -0.3 is 24.5 Å². The number of ether oxygens (including phenoxy) is 3. The maximum atomic E-state index is 12.3. The van der Waals surface area contributed by atoms with Crippen LogP contribution in [0, 0.1) is 27.7 Å². The van der Waals surface area contributed by atoms with Crippen LogP contribution in [0.15, 0.2) is 30.3 Å². The van der Waals surface area contributed by atoms with Crippen molar-refractivity contribution >= 4 is 28.8 Å². The predicted octanol–water partition coefficient (Wildman–Crippen LogP) is 6.13. The Bertz CT molecular complexity index is 1500. The molecule has 0 aliphatic heterocycles. The Morgan fingerprint density at radius 1 is 0.976 bits per heavy atom. The molecule has 0 saturated carbocycles. The van der Waals surface area contributed by atoms with E-state index in [2.05, 4.69) is 29.8 Å². The zero-order valence-corrected chi connectivity index (χ0v) is 26.2. The fraction of sp³-hybridized carbons (Fsp3) is 0.455. The lowest BCUT2D eigenvalue weighted by Crippen LogP contribution is -2.13. The second-order valence-corrected chi connectivity index (χ2v) is 11.1. The number of rotatable bonds is 16. The van der Waals surface area contributed by atoms with Crippen molar-refractivity contribution in [3.05, 3.63) is 69.1 Å². The van der Waals surface area contributed by atoms with E-state index in [4.69, 9.17) is 36.6 Å². The molecule has 0 spiro atoms. The van der Waals surface area contributed by atoms with Gasteiger partial charge >= 0.3 is 0 Å². The predicted molar refractivity (Wildman–Crippen MR) is 169 cm³/mol. The zero-order valence-electron chi connectivity index (χ0n) is 25.5. The highest BCUT2D eigenvalue weighted by atomic mass is 35.5. The number of fused-ring (bicyclic) bond motifs is 1. The molecule has 2 aromatic heterocycles. The van der Waals surface area contributed by atoms with Gasteiger partial charge in [-0.2, -0.15) is 5.10 Å². The lowest BCUT2D eigenvalue weighted by atomic mass is 9.98. The summed E-state index contributed by atoms with van der Waals surface area (Å²) in [5.41, 5.74) is 14.5. The Kier molecular flexibility index (Phi) is 11.2. The number of hydrogen-bond acceptors (Lipinski definition) is 6. The number of benzene rings is 2. The number of para-hydroxylation sites is 1. The highest BCUT2D eigenvalue weighted by Crippen LogP contribution is 2.37. The van der Waals surface area contributed by atoms with Crippen LogP contribution < -0.4 is 10.5 Å². The Labute approximate surface area is 253 Å². The maximum absolute atomic E-state index is 12.3. The monoisotopic (exact) mass is 594 g/mol. The van der Waals surface area contributed by atoms with Crippen LogP contribution in [0.2, 0.25) is 5.02 Å². The third-order valence-electron chi connectivity index (χ3n) is 7.67. The summed E-state index contributed by atoms with van der Waals surface area (Å²) in [7, 11) is 1.97. The topological polar surface area (TPSA) is 93.5 Å². The minimum Gasteiger partial charge on any atom is -0.494 e. The van der Waals surface area contributed by atoms with Crippen molar-refractivity contribution in [2.75, 3.05) is 39.6 Å². The van der Waals surface area contributed by atoms with Crippen LogP contribution in [0.5, 0.6) is 5.75 Å². The van der Waals surface area contributed by atoms with Gasteiger partial charge in [0.05, 0.1) is 43.3 Å². The molecule has 9 heteroatoms. The van der Waals surface area contributed by atoms with E-state index in [-0.39, 0.29) is 0 Å². The molecule has 2 aromatic carbocycles. The van der Waals surface area contributed by atoms with Crippen molar-refractivity contribution in [3.8, 4) is 16.9 Å². The molecule has 0 aliphatic carbocycles. The van der Waals surface area contributed by atoms with Crippen LogP contribution in [0.25, 0.3) is 22.0 Å². The molecule has 0 bridgehead atoms. The molecule has 2 heterocycles. The molecule has 0 amide bonds. The number of hydrogen-bond donors (Lipinski definition) is 1. The highest BCUT2D eigenvalue weighted by molar-refractivity contribution is 6.32. The van der Waals surface area contributed by atoms with Gasteiger partial charge in [0.2, 0.25) is 0 Å². The van der Waals surface area contributed by atoms with E-state index in [1.807, 2.05) is 44.5 Å². The summed E-state index contributed by atoms with van der Waals surface area (Å²) in [6.45, 7) is 12.3. The normalized spacial score (nSPS) is 11.5. The first-order valence-electron chi connectivity index (χ1n) is 14.6. The van der Waals surface area contributed by atoms with Crippen LogP contribution in [0.1, 0.15) is 51.4 Å². The van der Waals surface area contributed by atoms with E-state index in [0.717, 1.165) is 93.0 Å². The van der Waals surface area contributed by atoms with E-state index >= 15 is 0 Å². The maximum Gasteiger partial charge on any atom is 0.166 e. The van der Waals surface area contributed by atoms with Crippen molar-refractivity contribution < 1.29 is 19.0 Å². The molecule has 0 fully saturated rings. The third-order valence-corrected chi connectivity index (χ3v) is 8.27. The number of carbonyl (C=O) groups is 1. The fourth-order valence-corrected chi connectivity index (χ4v) is 5.79. The Morgan fingerprint density at radius 2 is 1.69 bits per heavy atom. The van der Waals surface area contributed by atoms with Crippen molar-refractivity contribution in [3.63, 3.8) is 0 Å². The van der Waals surface area contributed by atoms with Gasteiger partial charge in [-0.15, -0.1) is 0 Å². The average Bonchev–Trinajstić information content (AvgIpc) is 3.41. The number of aromatic nitrogens is 3. The number of aldehydes is 1. The third kappa shape index (κ3) is 7.06. The van der Waals surface area contributed by atoms with Crippen LogP contribution >= 0.6 is 11.6 Å². The SMILES string of the molecule is Cc1cc(OCCCc2c(C=O)n(C)c3c(-c4c(C)nn(CCCOCCOCCN)c4C)cccc23)cc(C)c1Cl. The van der Waals surface area contributed by atoms with Gasteiger partial charge in [0.15, 0.2) is 6.29 Å². The number of aryl methyl sites for hydroxylation is 6. The minimum absolute atomic E-state index is 0.522. The molecule has 8 nitrogen and oxygen atoms in total. The van der Waals surface area contributed by atoms with Gasteiger partial charge in [-0.25, -0.2) is 0 Å². The van der Waals surface area contributed by atoms with Crippen LogP contribution in [0.3, 0.4) is 0 Å². The summed E-state index contributed by atoms with van der Waals surface area (Å²) >= 11 is 6.30. The molecule has 4 rings (SSSR count). The lowest BCUT2D eigenvalue weighted by molar-refractivity contribution is 0.0485. The molecule has 0 atom stereocenters. The number of nitrogens with zero attached hydrogens (tertiary/aromatic N) is 3. The van der Waals surface area contributed by atoms with Gasteiger partial charge in [0, 0.05) is 54.0 Å². The standard InChI is InChI=1S/C33H43ClN4O4/c1-22-19-26(20-23(2)32(22)34)42-15-7-11-27-28-9-6-10-29(33(28)37(5)30(27)21-39)31-24(3)36-38(25(31)4)13-8-14-40-17-18-41-16-12-35/h6,9-10,19-21H,7-8,11-18,35H2,1-5H3. The van der Waals surface area contributed by atoms with Gasteiger partial charge in [-0.1, -0.05) is 29.8 Å². The second-order valence-electron chi connectivity index (χ2n) is 10.7. The lowest BCUT2D eigenvalue weighted by Gasteiger charge is -2.10. The first-order chi connectivity index (χ1) is 20.3. The molecular formula is C33H43ClN4O4. The smallest absolute Gasteiger partial charge is 0.166 e. The first-order valence-corrected chi connectivity index (χ1v) is 15.0. The van der Waals surface area contributed by atoms with Gasteiger partial charge in [-0.05, 0) is 75.8 Å². The van der Waals surface area contributed by atoms with Crippen molar-refractivity contribution in [2.45, 2.75) is 53.5 Å². The van der Waals surface area contributed by atoms with Crippen LogP contribution in [-0.2, 0) is 29.5 Å². The summed E-state index contributed by atoms with van der Waals surface area (Å²) in [6, 6.07) is 10.2. The molecule has 0 unspecified atom stereocenters. The van der Waals surface area contributed by atoms with E-state index in [1.165, 1.54) is 0 Å². The van der Waals surface area contributed by atoms with Crippen LogP contribution in [0.4, 0.5) is 0 Å². The van der Waals surface area contributed by atoms with Gasteiger partial charge in [-0.3, -0.25) is 9.48 Å². The van der Waals surface area contributed by atoms with Crippen molar-refractivity contribution in [1.29, 1.82) is 0 Å². The fourth-order valence-electron chi connectivity index (χ4n) is 5.68. The Balaban J connectivity index is 1.49. The molecule has 0 radical (unpaired) electrons. The van der Waals surface area contributed by atoms with Crippen LogP contribution in [-0.4, -0.2) is 60.2 Å². The van der Waals surface area contributed by atoms with E-state index in [9.17, 15) is 4.79 Å². The molecule has 226 valence electrons. The minimum atomic E-state index is 0.522. The highest BCUT2D eigenvalue weighted by Gasteiger charge is 2.21. The van der Waals surface area contributed by atoms with Gasteiger partial charge in [0.1, 0.15) is 5.75 Å². The van der Waals surface area contributed by atoms with E-state index in [1.54, 1.807) is 0 Å². The molecule has 4 aromatic rings. The Hall–Kier alpha value is -3.17. The summed E-state index contributed by atoms with van der Waals surface area (Å²) in [4.78, 5) is 12.3. The molecule has 0 aliphatic rings. The zero-order chi connectivity index (χ0) is 30.2. The average molecular weight is 595 g/mol. The van der Waals surface area contributed by atoms with Crippen molar-refractivity contribution in [1.82, 2.24) is 14.3 Å². The molecule has 42 heavy (non-hydrogen) atoms. The molecule has 2 N–H and O–H groups in total. The largest absolute Gasteiger partial charge is 0.494 e.